The van der Waals surface area contributed by atoms with Crippen LogP contribution in [0, 0.1) is 0 Å². The lowest BCUT2D eigenvalue weighted by Crippen LogP contribution is -2.47. The van der Waals surface area contributed by atoms with Crippen LogP contribution in [0.2, 0.25) is 0 Å². The van der Waals surface area contributed by atoms with E-state index in [4.69, 9.17) is 0 Å². The quantitative estimate of drug-likeness (QED) is 0.421. The first-order valence-electron chi connectivity index (χ1n) is 11.5. The largest absolute Gasteiger partial charge is 0.354 e. The van der Waals surface area contributed by atoms with Crippen LogP contribution in [-0.2, 0) is 16.1 Å². The summed E-state index contributed by atoms with van der Waals surface area (Å²) in [5.41, 5.74) is 1.73. The normalized spacial score (nSPS) is 13.6. The van der Waals surface area contributed by atoms with Crippen molar-refractivity contribution in [2.45, 2.75) is 52.1 Å². The van der Waals surface area contributed by atoms with E-state index < -0.39 is 6.04 Å². The van der Waals surface area contributed by atoms with Crippen LogP contribution in [0.1, 0.15) is 65.8 Å². The Morgan fingerprint density at radius 3 is 2.15 bits per heavy atom. The summed E-state index contributed by atoms with van der Waals surface area (Å²) in [6, 6.07) is 15.6. The number of nitrogens with zero attached hydrogens (tertiary/aromatic N) is 2. The third-order valence-corrected chi connectivity index (χ3v) is 5.84. The molecule has 1 aliphatic heterocycles. The Hall–Kier alpha value is -3.48. The minimum absolute atomic E-state index is 0.132. The van der Waals surface area contributed by atoms with Gasteiger partial charge >= 0.3 is 0 Å². The Morgan fingerprint density at radius 1 is 0.939 bits per heavy atom. The zero-order chi connectivity index (χ0) is 23.8. The number of unbranched alkanes of at least 4 members (excludes halogenated alkanes) is 1. The van der Waals surface area contributed by atoms with Gasteiger partial charge in [-0.05, 0) is 37.5 Å². The molecule has 0 aromatic heterocycles. The lowest BCUT2D eigenvalue weighted by Gasteiger charge is -2.29. The van der Waals surface area contributed by atoms with Gasteiger partial charge in [0.25, 0.3) is 11.8 Å². The number of carbonyl (C=O) groups excluding carboxylic acids is 4. The number of amides is 4. The van der Waals surface area contributed by atoms with E-state index in [1.165, 1.54) is 4.90 Å². The van der Waals surface area contributed by atoms with Crippen molar-refractivity contribution in [2.75, 3.05) is 13.1 Å². The highest BCUT2D eigenvalue weighted by molar-refractivity contribution is 6.21. The van der Waals surface area contributed by atoms with Gasteiger partial charge < -0.3 is 10.2 Å². The van der Waals surface area contributed by atoms with Crippen molar-refractivity contribution in [3.05, 3.63) is 71.3 Å². The number of hydrogen-bond acceptors (Lipinski definition) is 4. The first-order chi connectivity index (χ1) is 15.9. The maximum absolute atomic E-state index is 13.1. The molecule has 2 aromatic rings. The van der Waals surface area contributed by atoms with Gasteiger partial charge in [-0.3, -0.25) is 24.1 Å². The van der Waals surface area contributed by atoms with Crippen molar-refractivity contribution < 1.29 is 19.2 Å². The average molecular weight is 450 g/mol. The maximum atomic E-state index is 13.1. The smallest absolute Gasteiger partial charge is 0.261 e. The van der Waals surface area contributed by atoms with Crippen LogP contribution in [0.25, 0.3) is 0 Å². The molecule has 2 aromatic carbocycles. The lowest BCUT2D eigenvalue weighted by atomic mass is 10.1. The molecule has 0 saturated heterocycles. The molecule has 0 saturated carbocycles. The topological polar surface area (TPSA) is 86.8 Å². The van der Waals surface area contributed by atoms with Crippen molar-refractivity contribution in [2.24, 2.45) is 0 Å². The van der Waals surface area contributed by atoms with E-state index in [0.717, 1.165) is 18.4 Å². The van der Waals surface area contributed by atoms with Crippen LogP contribution in [0.15, 0.2) is 54.6 Å². The summed E-state index contributed by atoms with van der Waals surface area (Å²) < 4.78 is 0. The van der Waals surface area contributed by atoms with Gasteiger partial charge in [0, 0.05) is 26.1 Å². The number of fused-ring (bicyclic) bond motifs is 1. The monoisotopic (exact) mass is 449 g/mol. The third kappa shape index (κ3) is 5.86. The highest BCUT2D eigenvalue weighted by Gasteiger charge is 2.35. The second kappa shape index (κ2) is 11.4. The van der Waals surface area contributed by atoms with Crippen molar-refractivity contribution in [1.29, 1.82) is 0 Å². The molecule has 0 fully saturated rings. The maximum Gasteiger partial charge on any atom is 0.261 e. The van der Waals surface area contributed by atoms with Gasteiger partial charge in [0.2, 0.25) is 11.8 Å². The summed E-state index contributed by atoms with van der Waals surface area (Å²) in [5, 5.41) is 2.90. The summed E-state index contributed by atoms with van der Waals surface area (Å²) >= 11 is 0. The summed E-state index contributed by atoms with van der Waals surface area (Å²) in [6.07, 6.45) is 2.32. The van der Waals surface area contributed by atoms with Crippen molar-refractivity contribution >= 4 is 23.6 Å². The zero-order valence-electron chi connectivity index (χ0n) is 19.3. The minimum Gasteiger partial charge on any atom is -0.354 e. The van der Waals surface area contributed by atoms with E-state index in [2.05, 4.69) is 12.2 Å². The van der Waals surface area contributed by atoms with E-state index in [9.17, 15) is 19.2 Å². The van der Waals surface area contributed by atoms with Crippen LogP contribution in [-0.4, -0.2) is 52.6 Å². The molecular formula is C26H31N3O4. The molecule has 1 atom stereocenters. The standard InChI is InChI=1S/C26H31N3O4/c1-3-4-16-27-24(31)19(2)29(18-20-11-6-5-7-12-20)23(30)15-10-17-28-25(32)21-13-8-9-14-22(21)26(28)33/h5-9,11-14,19H,3-4,10,15-18H2,1-2H3,(H,27,31)/t19-/m1/s1. The van der Waals surface area contributed by atoms with E-state index >= 15 is 0 Å². The SMILES string of the molecule is CCCCNC(=O)[C@@H](C)N(Cc1ccccc1)C(=O)CCCN1C(=O)c2ccccc2C1=O. The molecule has 7 nitrogen and oxygen atoms in total. The molecule has 33 heavy (non-hydrogen) atoms. The molecule has 1 aliphatic rings. The molecule has 3 rings (SSSR count). The summed E-state index contributed by atoms with van der Waals surface area (Å²) in [7, 11) is 0. The van der Waals surface area contributed by atoms with Crippen LogP contribution in [0.4, 0.5) is 0 Å². The Labute approximate surface area is 194 Å². The minimum atomic E-state index is -0.631. The van der Waals surface area contributed by atoms with E-state index in [1.54, 1.807) is 36.1 Å². The van der Waals surface area contributed by atoms with Gasteiger partial charge in [-0.2, -0.15) is 0 Å². The molecule has 7 heteroatoms. The number of imide groups is 1. The molecule has 0 bridgehead atoms. The fraction of sp³-hybridized carbons (Fsp3) is 0.385. The van der Waals surface area contributed by atoms with Gasteiger partial charge in [-0.25, -0.2) is 0 Å². The predicted molar refractivity (Wildman–Crippen MR) is 125 cm³/mol. The molecule has 0 unspecified atom stereocenters. The number of nitrogens with one attached hydrogen (secondary N) is 1. The van der Waals surface area contributed by atoms with Crippen LogP contribution in [0.5, 0.6) is 0 Å². The van der Waals surface area contributed by atoms with Gasteiger partial charge in [0.1, 0.15) is 6.04 Å². The van der Waals surface area contributed by atoms with Gasteiger partial charge in [0.15, 0.2) is 0 Å². The number of hydrogen-bond donors (Lipinski definition) is 1. The summed E-state index contributed by atoms with van der Waals surface area (Å²) in [5.74, 6) is -1.03. The fourth-order valence-electron chi connectivity index (χ4n) is 3.87. The van der Waals surface area contributed by atoms with E-state index in [-0.39, 0.29) is 36.6 Å². The van der Waals surface area contributed by atoms with Gasteiger partial charge in [-0.1, -0.05) is 55.8 Å². The molecular weight excluding hydrogens is 418 g/mol. The Kier molecular flexibility index (Phi) is 8.35. The van der Waals surface area contributed by atoms with Crippen molar-refractivity contribution in [3.8, 4) is 0 Å². The molecule has 1 N–H and O–H groups in total. The number of carbonyl (C=O) groups is 4. The second-order valence-corrected chi connectivity index (χ2v) is 8.24. The highest BCUT2D eigenvalue weighted by atomic mass is 16.2. The molecule has 0 spiro atoms. The first kappa shape index (κ1) is 24.2. The third-order valence-electron chi connectivity index (χ3n) is 5.84. The Bertz CT molecular complexity index is 971. The first-order valence-corrected chi connectivity index (χ1v) is 11.5. The molecule has 4 amide bonds. The van der Waals surface area contributed by atoms with Crippen molar-refractivity contribution in [1.82, 2.24) is 15.1 Å². The average Bonchev–Trinajstić information content (AvgIpc) is 3.07. The Balaban J connectivity index is 1.63. The lowest BCUT2D eigenvalue weighted by molar-refractivity contribution is -0.140. The zero-order valence-corrected chi connectivity index (χ0v) is 19.3. The second-order valence-electron chi connectivity index (χ2n) is 8.24. The molecule has 1 heterocycles. The summed E-state index contributed by atoms with van der Waals surface area (Å²) in [4.78, 5) is 53.6. The van der Waals surface area contributed by atoms with E-state index in [0.29, 0.717) is 30.6 Å². The molecule has 174 valence electrons. The van der Waals surface area contributed by atoms with Gasteiger partial charge in [-0.15, -0.1) is 0 Å². The van der Waals surface area contributed by atoms with Crippen LogP contribution >= 0.6 is 0 Å². The predicted octanol–water partition coefficient (Wildman–Crippen LogP) is 3.40. The summed E-state index contributed by atoms with van der Waals surface area (Å²) in [6.45, 7) is 4.83. The molecule has 0 radical (unpaired) electrons. The highest BCUT2D eigenvalue weighted by Crippen LogP contribution is 2.23. The van der Waals surface area contributed by atoms with Crippen LogP contribution < -0.4 is 5.32 Å². The number of rotatable bonds is 11. The fourth-order valence-corrected chi connectivity index (χ4v) is 3.87. The molecule has 0 aliphatic carbocycles. The number of benzene rings is 2. The van der Waals surface area contributed by atoms with Gasteiger partial charge in [0.05, 0.1) is 11.1 Å². The van der Waals surface area contributed by atoms with Crippen molar-refractivity contribution in [3.63, 3.8) is 0 Å². The van der Waals surface area contributed by atoms with E-state index in [1.807, 2.05) is 30.3 Å². The van der Waals surface area contributed by atoms with Crippen LogP contribution in [0.3, 0.4) is 0 Å². The Morgan fingerprint density at radius 2 is 1.55 bits per heavy atom.